The van der Waals surface area contributed by atoms with Gasteiger partial charge in [-0.05, 0) is 18.6 Å². The molecule has 0 radical (unpaired) electrons. The lowest BCUT2D eigenvalue weighted by atomic mass is 10.2. The Morgan fingerprint density at radius 1 is 1.23 bits per heavy atom. The highest BCUT2D eigenvalue weighted by Crippen LogP contribution is 2.30. The Bertz CT molecular complexity index is 1370. The van der Waals surface area contributed by atoms with E-state index >= 15 is 0 Å². The van der Waals surface area contributed by atoms with E-state index in [0.717, 1.165) is 16.3 Å². The molecule has 10 nitrogen and oxygen atoms in total. The van der Waals surface area contributed by atoms with Gasteiger partial charge in [0, 0.05) is 19.5 Å². The zero-order valence-corrected chi connectivity index (χ0v) is 21.1. The van der Waals surface area contributed by atoms with E-state index < -0.39 is 11.2 Å². The average molecular weight is 500 g/mol. The number of amides is 1. The van der Waals surface area contributed by atoms with E-state index in [1.165, 1.54) is 11.6 Å². The number of para-hydroxylation sites is 2. The van der Waals surface area contributed by atoms with Crippen LogP contribution in [0.15, 0.2) is 38.9 Å². The highest BCUT2D eigenvalue weighted by molar-refractivity contribution is 8.00. The Morgan fingerprint density at radius 3 is 2.69 bits per heavy atom. The van der Waals surface area contributed by atoms with Crippen molar-refractivity contribution in [3.05, 3.63) is 50.9 Å². The van der Waals surface area contributed by atoms with Crippen molar-refractivity contribution in [1.82, 2.24) is 24.4 Å². The maximum Gasteiger partial charge on any atom is 0.332 e. The molecule has 3 aromatic rings. The topological polar surface area (TPSA) is 117 Å². The second-order valence-corrected chi connectivity index (χ2v) is 9.59. The summed E-state index contributed by atoms with van der Waals surface area (Å²) in [5, 5.41) is 3.51. The number of rotatable bonds is 8. The number of hydrogen-bond acceptors (Lipinski definition) is 8. The molecule has 1 unspecified atom stereocenters. The van der Waals surface area contributed by atoms with Crippen LogP contribution in [0.1, 0.15) is 38.9 Å². The van der Waals surface area contributed by atoms with Gasteiger partial charge in [-0.1, -0.05) is 44.7 Å². The number of fused-ring (bicyclic) bond motifs is 2. The second-order valence-electron chi connectivity index (χ2n) is 8.63. The molecule has 11 heteroatoms. The second kappa shape index (κ2) is 10.5. The summed E-state index contributed by atoms with van der Waals surface area (Å²) in [5.41, 5.74) is -0.572. The molecule has 2 aromatic heterocycles. The van der Waals surface area contributed by atoms with Crippen LogP contribution in [0.5, 0.6) is 11.5 Å². The number of carbonyl (C=O) groups excluding carboxylic acids is 1. The number of hydrogen-bond donors (Lipinski definition) is 1. The van der Waals surface area contributed by atoms with Crippen molar-refractivity contribution >= 4 is 28.7 Å². The van der Waals surface area contributed by atoms with E-state index in [4.69, 9.17) is 9.47 Å². The molecule has 1 aliphatic heterocycles. The predicted molar refractivity (Wildman–Crippen MR) is 134 cm³/mol. The van der Waals surface area contributed by atoms with Crippen LogP contribution >= 0.6 is 11.8 Å². The van der Waals surface area contributed by atoms with Crippen molar-refractivity contribution in [3.8, 4) is 11.5 Å². The lowest BCUT2D eigenvalue weighted by molar-refractivity contribution is -0.119. The number of nitrogens with zero attached hydrogens (tertiary/aromatic N) is 4. The predicted octanol–water partition coefficient (Wildman–Crippen LogP) is 2.07. The third-order valence-corrected chi connectivity index (χ3v) is 6.54. The molecule has 1 aromatic carbocycles. The lowest BCUT2D eigenvalue weighted by Gasteiger charge is -2.26. The largest absolute Gasteiger partial charge is 0.486 e. The van der Waals surface area contributed by atoms with Crippen LogP contribution in [-0.2, 0) is 18.4 Å². The number of benzene rings is 1. The summed E-state index contributed by atoms with van der Waals surface area (Å²) in [7, 11) is 1.44. The van der Waals surface area contributed by atoms with Gasteiger partial charge in [0.15, 0.2) is 17.1 Å². The minimum atomic E-state index is -0.470. The number of ether oxygens (including phenoxy) is 2. The van der Waals surface area contributed by atoms with Gasteiger partial charge in [0.05, 0.1) is 12.3 Å². The van der Waals surface area contributed by atoms with Gasteiger partial charge in [0.1, 0.15) is 28.9 Å². The molecule has 0 bridgehead atoms. The zero-order chi connectivity index (χ0) is 25.1. The fourth-order valence-electron chi connectivity index (χ4n) is 3.72. The molecule has 1 atom stereocenters. The van der Waals surface area contributed by atoms with Crippen LogP contribution < -0.4 is 26.0 Å². The number of aryl methyl sites for hydroxylation is 1. The Balaban J connectivity index is 1.53. The van der Waals surface area contributed by atoms with Gasteiger partial charge in [-0.2, -0.15) is 0 Å². The Hall–Kier alpha value is -3.34. The summed E-state index contributed by atoms with van der Waals surface area (Å²) in [6.45, 7) is 6.88. The van der Waals surface area contributed by atoms with Gasteiger partial charge < -0.3 is 14.8 Å². The van der Waals surface area contributed by atoms with E-state index in [1.807, 2.05) is 45.0 Å². The van der Waals surface area contributed by atoms with Crippen molar-refractivity contribution < 1.29 is 14.3 Å². The molecule has 1 aliphatic rings. The summed E-state index contributed by atoms with van der Waals surface area (Å²) in [6.07, 6.45) is 0.401. The van der Waals surface area contributed by atoms with Crippen LogP contribution in [0.25, 0.3) is 11.0 Å². The molecular formula is C24H29N5O5S. The molecule has 1 N–H and O–H groups in total. The van der Waals surface area contributed by atoms with Gasteiger partial charge in [0.2, 0.25) is 5.91 Å². The van der Waals surface area contributed by atoms with Crippen LogP contribution in [0.3, 0.4) is 0 Å². The summed E-state index contributed by atoms with van der Waals surface area (Å²) >= 11 is 1.16. The minimum Gasteiger partial charge on any atom is -0.486 e. The Morgan fingerprint density at radius 2 is 1.97 bits per heavy atom. The summed E-state index contributed by atoms with van der Waals surface area (Å²) in [4.78, 5) is 47.5. The highest BCUT2D eigenvalue weighted by Gasteiger charge is 2.23. The number of nitrogens with one attached hydrogen (secondary N) is 1. The molecule has 35 heavy (non-hydrogen) atoms. The Labute approximate surface area is 206 Å². The maximum atomic E-state index is 13.0. The van der Waals surface area contributed by atoms with Crippen LogP contribution in [-0.4, -0.2) is 50.0 Å². The number of carbonyl (C=O) groups is 1. The molecule has 186 valence electrons. The monoisotopic (exact) mass is 499 g/mol. The third-order valence-electron chi connectivity index (χ3n) is 5.56. The zero-order valence-electron chi connectivity index (χ0n) is 20.2. The van der Waals surface area contributed by atoms with E-state index in [0.29, 0.717) is 47.6 Å². The van der Waals surface area contributed by atoms with Gasteiger partial charge in [-0.15, -0.1) is 0 Å². The highest BCUT2D eigenvalue weighted by atomic mass is 32.2. The van der Waals surface area contributed by atoms with Gasteiger partial charge in [-0.25, -0.2) is 14.8 Å². The smallest absolute Gasteiger partial charge is 0.332 e. The third kappa shape index (κ3) is 5.19. The summed E-state index contributed by atoms with van der Waals surface area (Å²) in [5.74, 6) is 1.65. The quantitative estimate of drug-likeness (QED) is 0.370. The van der Waals surface area contributed by atoms with Crippen molar-refractivity contribution in [1.29, 1.82) is 0 Å². The molecule has 0 aliphatic carbocycles. The molecule has 0 saturated heterocycles. The normalized spacial score (nSPS) is 14.9. The van der Waals surface area contributed by atoms with Crippen LogP contribution in [0, 0.1) is 0 Å². The standard InChI is InChI=1S/C24H29N5O5S/c1-5-10-29-21-19(23(31)28(4)24(29)32)22(27-20(26-21)14(2)3)35-13-18(30)25-11-15-12-33-16-8-6-7-9-17(16)34-15/h6-9,14-15H,5,10-13H2,1-4H3,(H,25,30). The van der Waals surface area contributed by atoms with E-state index in [2.05, 4.69) is 15.3 Å². The van der Waals surface area contributed by atoms with Crippen LogP contribution in [0.4, 0.5) is 0 Å². The first-order chi connectivity index (χ1) is 16.8. The Kier molecular flexibility index (Phi) is 7.44. The van der Waals surface area contributed by atoms with Crippen molar-refractivity contribution in [2.45, 2.75) is 50.8 Å². The van der Waals surface area contributed by atoms with Gasteiger partial charge >= 0.3 is 5.69 Å². The first-order valence-electron chi connectivity index (χ1n) is 11.6. The van der Waals surface area contributed by atoms with Gasteiger partial charge in [-0.3, -0.25) is 18.7 Å². The van der Waals surface area contributed by atoms with Crippen molar-refractivity contribution in [2.75, 3.05) is 18.9 Å². The summed E-state index contributed by atoms with van der Waals surface area (Å²) < 4.78 is 14.1. The van der Waals surface area contributed by atoms with Crippen LogP contribution in [0.2, 0.25) is 0 Å². The van der Waals surface area contributed by atoms with E-state index in [1.54, 1.807) is 0 Å². The van der Waals surface area contributed by atoms with E-state index in [9.17, 15) is 14.4 Å². The molecule has 0 saturated carbocycles. The fraction of sp³-hybridized carbons (Fsp3) is 0.458. The lowest BCUT2D eigenvalue weighted by Crippen LogP contribution is -2.41. The number of thioether (sulfide) groups is 1. The molecule has 4 rings (SSSR count). The van der Waals surface area contributed by atoms with Gasteiger partial charge in [0.25, 0.3) is 5.56 Å². The molecule has 1 amide bonds. The maximum absolute atomic E-state index is 13.0. The SMILES string of the molecule is CCCn1c(=O)n(C)c(=O)c2c(SCC(=O)NCC3COc4ccccc4O3)nc(C(C)C)nc21. The van der Waals surface area contributed by atoms with Crippen molar-refractivity contribution in [3.63, 3.8) is 0 Å². The first kappa shape index (κ1) is 24.8. The van der Waals surface area contributed by atoms with Crippen molar-refractivity contribution in [2.24, 2.45) is 7.05 Å². The van der Waals surface area contributed by atoms with E-state index in [-0.39, 0.29) is 35.6 Å². The molecule has 0 spiro atoms. The first-order valence-corrected chi connectivity index (χ1v) is 12.6. The molecule has 0 fully saturated rings. The molecular weight excluding hydrogens is 470 g/mol. The summed E-state index contributed by atoms with van der Waals surface area (Å²) in [6, 6.07) is 7.40. The minimum absolute atomic E-state index is 0.0202. The fourth-order valence-corrected chi connectivity index (χ4v) is 4.57. The molecule has 3 heterocycles. The number of aromatic nitrogens is 4. The average Bonchev–Trinajstić information content (AvgIpc) is 2.86.